The minimum atomic E-state index is -0.920. The Hall–Kier alpha value is -2.15. The van der Waals surface area contributed by atoms with Gasteiger partial charge in [0.05, 0.1) is 23.9 Å². The highest BCUT2D eigenvalue weighted by Crippen LogP contribution is 2.14. The highest BCUT2D eigenvalue weighted by Gasteiger charge is 2.17. The van der Waals surface area contributed by atoms with Crippen LogP contribution in [0, 0.1) is 0 Å². The number of aliphatic carboxylic acids is 1. The molecule has 0 aliphatic rings. The summed E-state index contributed by atoms with van der Waals surface area (Å²) in [6.07, 6.45) is 3.07. The normalized spacial score (nSPS) is 10.5. The van der Waals surface area contributed by atoms with E-state index in [0.29, 0.717) is 12.1 Å². The van der Waals surface area contributed by atoms with Crippen molar-refractivity contribution in [3.63, 3.8) is 0 Å². The molecule has 1 N–H and O–H groups in total. The van der Waals surface area contributed by atoms with Crippen molar-refractivity contribution in [2.45, 2.75) is 13.3 Å². The van der Waals surface area contributed by atoms with Gasteiger partial charge in [0, 0.05) is 23.8 Å². The van der Waals surface area contributed by atoms with E-state index in [4.69, 9.17) is 5.11 Å². The van der Waals surface area contributed by atoms with Crippen LogP contribution in [-0.2, 0) is 4.79 Å². The number of carboxylic acids is 1. The first-order chi connectivity index (χ1) is 10.5. The lowest BCUT2D eigenvalue weighted by Crippen LogP contribution is -2.32. The van der Waals surface area contributed by atoms with Crippen molar-refractivity contribution in [3.05, 3.63) is 46.7 Å². The largest absolute Gasteiger partial charge is 0.481 e. The maximum Gasteiger partial charge on any atom is 0.305 e. The van der Waals surface area contributed by atoms with Gasteiger partial charge in [0.2, 0.25) is 0 Å². The molecule has 116 valence electrons. The summed E-state index contributed by atoms with van der Waals surface area (Å²) in [5.41, 5.74) is 1.28. The van der Waals surface area contributed by atoms with Crippen LogP contribution in [0.2, 0.25) is 0 Å². The van der Waals surface area contributed by atoms with Gasteiger partial charge in [-0.15, -0.1) is 0 Å². The average molecular weight is 366 g/mol. The first-order valence-corrected chi connectivity index (χ1v) is 7.62. The first kappa shape index (κ1) is 16.2. The maximum absolute atomic E-state index is 12.4. The Bertz CT molecular complexity index is 667. The molecule has 0 fully saturated rings. The Labute approximate surface area is 136 Å². The summed E-state index contributed by atoms with van der Waals surface area (Å²) in [6, 6.07) is 7.55. The molecule has 22 heavy (non-hydrogen) atoms. The molecule has 0 atom stereocenters. The molecule has 2 rings (SSSR count). The van der Waals surface area contributed by atoms with Gasteiger partial charge in [0.15, 0.2) is 0 Å². The van der Waals surface area contributed by atoms with Crippen molar-refractivity contribution >= 4 is 27.8 Å². The Balaban J connectivity index is 2.14. The van der Waals surface area contributed by atoms with Crippen LogP contribution in [0.3, 0.4) is 0 Å². The van der Waals surface area contributed by atoms with E-state index in [0.717, 1.165) is 10.2 Å². The summed E-state index contributed by atoms with van der Waals surface area (Å²) in [5.74, 6) is -1.14. The van der Waals surface area contributed by atoms with E-state index in [1.807, 2.05) is 31.2 Å². The zero-order chi connectivity index (χ0) is 16.1. The van der Waals surface area contributed by atoms with Crippen molar-refractivity contribution < 1.29 is 14.7 Å². The minimum Gasteiger partial charge on any atom is -0.481 e. The second-order valence-corrected chi connectivity index (χ2v) is 5.59. The van der Waals surface area contributed by atoms with Gasteiger partial charge in [-0.1, -0.05) is 15.9 Å². The summed E-state index contributed by atoms with van der Waals surface area (Å²) in [7, 11) is 0. The van der Waals surface area contributed by atoms with Crippen molar-refractivity contribution in [2.24, 2.45) is 0 Å². The van der Waals surface area contributed by atoms with Crippen molar-refractivity contribution in [2.75, 3.05) is 13.1 Å². The van der Waals surface area contributed by atoms with Gasteiger partial charge in [0.1, 0.15) is 0 Å². The number of hydrogen-bond acceptors (Lipinski definition) is 3. The van der Waals surface area contributed by atoms with Crippen LogP contribution >= 0.6 is 15.9 Å². The van der Waals surface area contributed by atoms with E-state index >= 15 is 0 Å². The third-order valence-corrected chi connectivity index (χ3v) is 3.71. The number of amides is 1. The number of carbonyl (C=O) groups is 2. The van der Waals surface area contributed by atoms with Gasteiger partial charge >= 0.3 is 5.97 Å². The first-order valence-electron chi connectivity index (χ1n) is 6.83. The molecule has 6 nitrogen and oxygen atoms in total. The predicted molar refractivity (Wildman–Crippen MR) is 85.1 cm³/mol. The van der Waals surface area contributed by atoms with E-state index in [-0.39, 0.29) is 18.9 Å². The molecule has 2 aromatic rings. The second kappa shape index (κ2) is 7.22. The monoisotopic (exact) mass is 365 g/mol. The molecule has 0 spiro atoms. The predicted octanol–water partition coefficient (Wildman–Crippen LogP) is 2.57. The number of halogens is 1. The van der Waals surface area contributed by atoms with Gasteiger partial charge in [0.25, 0.3) is 5.91 Å². The topological polar surface area (TPSA) is 75.4 Å². The van der Waals surface area contributed by atoms with Crippen LogP contribution in [0.15, 0.2) is 41.1 Å². The third-order valence-electron chi connectivity index (χ3n) is 3.19. The fourth-order valence-electron chi connectivity index (χ4n) is 1.98. The van der Waals surface area contributed by atoms with Gasteiger partial charge in [-0.05, 0) is 31.2 Å². The van der Waals surface area contributed by atoms with E-state index in [1.165, 1.54) is 11.1 Å². The van der Waals surface area contributed by atoms with Crippen molar-refractivity contribution in [3.8, 4) is 5.69 Å². The van der Waals surface area contributed by atoms with Gasteiger partial charge < -0.3 is 10.0 Å². The Morgan fingerprint density at radius 2 is 2.00 bits per heavy atom. The molecule has 0 saturated heterocycles. The Morgan fingerprint density at radius 1 is 1.32 bits per heavy atom. The van der Waals surface area contributed by atoms with E-state index in [9.17, 15) is 9.59 Å². The number of aromatic nitrogens is 2. The number of benzene rings is 1. The molecule has 7 heteroatoms. The van der Waals surface area contributed by atoms with Crippen LogP contribution in [0.5, 0.6) is 0 Å². The van der Waals surface area contributed by atoms with Gasteiger partial charge in [-0.3, -0.25) is 9.59 Å². The quantitative estimate of drug-likeness (QED) is 0.853. The zero-order valence-electron chi connectivity index (χ0n) is 12.1. The van der Waals surface area contributed by atoms with Crippen LogP contribution in [0.1, 0.15) is 23.7 Å². The molecule has 0 aliphatic carbocycles. The summed E-state index contributed by atoms with van der Waals surface area (Å²) < 4.78 is 2.58. The summed E-state index contributed by atoms with van der Waals surface area (Å²) in [5, 5.41) is 12.9. The number of carboxylic acid groups (broad SMARTS) is 1. The molecule has 0 bridgehead atoms. The minimum absolute atomic E-state index is 0.0690. The summed E-state index contributed by atoms with van der Waals surface area (Å²) in [4.78, 5) is 24.5. The van der Waals surface area contributed by atoms with E-state index in [1.54, 1.807) is 10.9 Å². The fourth-order valence-corrected chi connectivity index (χ4v) is 2.25. The second-order valence-electron chi connectivity index (χ2n) is 4.68. The Kier molecular flexibility index (Phi) is 5.32. The lowest BCUT2D eigenvalue weighted by Gasteiger charge is -2.18. The lowest BCUT2D eigenvalue weighted by atomic mass is 10.2. The Morgan fingerprint density at radius 3 is 2.59 bits per heavy atom. The molecule has 0 radical (unpaired) electrons. The van der Waals surface area contributed by atoms with Crippen LogP contribution in [0.4, 0.5) is 0 Å². The molecule has 1 aromatic carbocycles. The zero-order valence-corrected chi connectivity index (χ0v) is 13.7. The number of carbonyl (C=O) groups excluding carboxylic acids is 1. The van der Waals surface area contributed by atoms with Crippen LogP contribution in [0.25, 0.3) is 5.69 Å². The molecule has 0 aliphatic heterocycles. The number of rotatable bonds is 6. The SMILES string of the molecule is CCN(CCC(=O)O)C(=O)c1cnn(-c2ccc(Br)cc2)c1. The molecular weight excluding hydrogens is 350 g/mol. The highest BCUT2D eigenvalue weighted by molar-refractivity contribution is 9.10. The van der Waals surface area contributed by atoms with Crippen molar-refractivity contribution in [1.29, 1.82) is 0 Å². The molecule has 1 heterocycles. The van der Waals surface area contributed by atoms with Crippen LogP contribution in [-0.4, -0.2) is 44.8 Å². The van der Waals surface area contributed by atoms with E-state index in [2.05, 4.69) is 21.0 Å². The molecule has 1 aromatic heterocycles. The number of hydrogen-bond donors (Lipinski definition) is 1. The molecule has 0 saturated carbocycles. The summed E-state index contributed by atoms with van der Waals surface area (Å²) >= 11 is 3.37. The van der Waals surface area contributed by atoms with Crippen molar-refractivity contribution in [1.82, 2.24) is 14.7 Å². The standard InChI is InChI=1S/C15H16BrN3O3/c1-2-18(8-7-14(20)21)15(22)11-9-17-19(10-11)13-5-3-12(16)4-6-13/h3-6,9-10H,2,7-8H2,1H3,(H,20,21). The molecular formula is C15H16BrN3O3. The number of nitrogens with zero attached hydrogens (tertiary/aromatic N) is 3. The smallest absolute Gasteiger partial charge is 0.305 e. The molecule has 0 unspecified atom stereocenters. The maximum atomic E-state index is 12.4. The van der Waals surface area contributed by atoms with E-state index < -0.39 is 5.97 Å². The summed E-state index contributed by atoms with van der Waals surface area (Å²) in [6.45, 7) is 2.46. The fraction of sp³-hybridized carbons (Fsp3) is 0.267. The third kappa shape index (κ3) is 3.94. The van der Waals surface area contributed by atoms with Gasteiger partial charge in [-0.25, -0.2) is 4.68 Å². The average Bonchev–Trinajstić information content (AvgIpc) is 2.98. The van der Waals surface area contributed by atoms with Crippen LogP contribution < -0.4 is 0 Å². The van der Waals surface area contributed by atoms with Gasteiger partial charge in [-0.2, -0.15) is 5.10 Å². The lowest BCUT2D eigenvalue weighted by molar-refractivity contribution is -0.137. The highest BCUT2D eigenvalue weighted by atomic mass is 79.9. The molecule has 1 amide bonds.